The van der Waals surface area contributed by atoms with Gasteiger partial charge in [-0.25, -0.2) is 9.37 Å². The molecule has 1 saturated carbocycles. The molecule has 1 fully saturated rings. The molecular weight excluding hydrogens is 297 g/mol. The smallest absolute Gasteiger partial charge is 0.137 e. The lowest BCUT2D eigenvalue weighted by Gasteiger charge is -2.09. The molecule has 0 unspecified atom stereocenters. The Morgan fingerprint density at radius 2 is 2.28 bits per heavy atom. The van der Waals surface area contributed by atoms with Crippen molar-refractivity contribution in [3.8, 4) is 0 Å². The summed E-state index contributed by atoms with van der Waals surface area (Å²) in [5, 5.41) is 3.28. The van der Waals surface area contributed by atoms with Crippen molar-refractivity contribution in [1.29, 1.82) is 0 Å². The van der Waals surface area contributed by atoms with Crippen molar-refractivity contribution < 1.29 is 4.39 Å². The summed E-state index contributed by atoms with van der Waals surface area (Å²) in [6.07, 6.45) is 6.25. The first-order chi connectivity index (χ1) is 8.74. The number of nitrogens with zero attached hydrogens (tertiary/aromatic N) is 2. The number of halogens is 2. The maximum absolute atomic E-state index is 13.1. The van der Waals surface area contributed by atoms with Crippen molar-refractivity contribution in [3.05, 3.63) is 46.7 Å². The number of hydrogen-bond donors (Lipinski definition) is 1. The van der Waals surface area contributed by atoms with Crippen LogP contribution in [-0.2, 0) is 6.54 Å². The van der Waals surface area contributed by atoms with Crippen molar-refractivity contribution in [3.63, 3.8) is 0 Å². The molecule has 94 valence electrons. The van der Waals surface area contributed by atoms with Crippen LogP contribution in [0.5, 0.6) is 0 Å². The monoisotopic (exact) mass is 309 g/mol. The van der Waals surface area contributed by atoms with E-state index >= 15 is 0 Å². The zero-order valence-electron chi connectivity index (χ0n) is 9.74. The van der Waals surface area contributed by atoms with Crippen LogP contribution in [0.3, 0.4) is 0 Å². The lowest BCUT2D eigenvalue weighted by molar-refractivity contribution is 0.621. The minimum Gasteiger partial charge on any atom is -0.379 e. The van der Waals surface area contributed by atoms with Crippen LogP contribution in [0.25, 0.3) is 0 Å². The third-order valence-electron chi connectivity index (χ3n) is 3.08. The zero-order chi connectivity index (χ0) is 12.5. The Bertz CT molecular complexity index is 563. The van der Waals surface area contributed by atoms with E-state index in [-0.39, 0.29) is 5.82 Å². The molecular formula is C13H13BrFN3. The highest BCUT2D eigenvalue weighted by molar-refractivity contribution is 9.10. The number of aromatic nitrogens is 2. The molecule has 0 bridgehead atoms. The standard InChI is InChI=1S/C13H13BrFN3/c14-12-5-9(1-4-13(12)15)17-7-11-6-16-8-18(11)10-2-3-10/h1,4-6,8,10,17H,2-3,7H2. The Balaban J connectivity index is 1.69. The Morgan fingerprint density at radius 1 is 1.44 bits per heavy atom. The SMILES string of the molecule is Fc1ccc(NCc2cncn2C2CC2)cc1Br. The van der Waals surface area contributed by atoms with E-state index < -0.39 is 0 Å². The third-order valence-corrected chi connectivity index (χ3v) is 3.69. The highest BCUT2D eigenvalue weighted by Gasteiger charge is 2.24. The van der Waals surface area contributed by atoms with Gasteiger partial charge in [0.15, 0.2) is 0 Å². The van der Waals surface area contributed by atoms with Crippen molar-refractivity contribution in [2.45, 2.75) is 25.4 Å². The van der Waals surface area contributed by atoms with Crippen LogP contribution >= 0.6 is 15.9 Å². The van der Waals surface area contributed by atoms with Crippen molar-refractivity contribution in [1.82, 2.24) is 9.55 Å². The molecule has 1 aromatic heterocycles. The summed E-state index contributed by atoms with van der Waals surface area (Å²) in [4.78, 5) is 4.18. The zero-order valence-corrected chi connectivity index (χ0v) is 11.3. The Kier molecular flexibility index (Phi) is 3.07. The predicted molar refractivity (Wildman–Crippen MR) is 71.9 cm³/mol. The predicted octanol–water partition coefficient (Wildman–Crippen LogP) is 3.73. The molecule has 0 radical (unpaired) electrons. The number of benzene rings is 1. The van der Waals surface area contributed by atoms with E-state index in [1.165, 1.54) is 18.9 Å². The lowest BCUT2D eigenvalue weighted by Crippen LogP contribution is -2.05. The first-order valence-electron chi connectivity index (χ1n) is 5.93. The van der Waals surface area contributed by atoms with Gasteiger partial charge in [-0.3, -0.25) is 0 Å². The highest BCUT2D eigenvalue weighted by atomic mass is 79.9. The Morgan fingerprint density at radius 3 is 3.00 bits per heavy atom. The number of rotatable bonds is 4. The number of nitrogens with one attached hydrogen (secondary N) is 1. The van der Waals surface area contributed by atoms with E-state index in [0.29, 0.717) is 17.1 Å². The van der Waals surface area contributed by atoms with Crippen LogP contribution in [0.1, 0.15) is 24.6 Å². The first kappa shape index (κ1) is 11.7. The van der Waals surface area contributed by atoms with E-state index in [2.05, 4.69) is 30.8 Å². The fraction of sp³-hybridized carbons (Fsp3) is 0.308. The van der Waals surface area contributed by atoms with Crippen LogP contribution in [0.4, 0.5) is 10.1 Å². The quantitative estimate of drug-likeness (QED) is 0.932. The summed E-state index contributed by atoms with van der Waals surface area (Å²) in [5.41, 5.74) is 2.06. The summed E-state index contributed by atoms with van der Waals surface area (Å²) in [6, 6.07) is 5.56. The molecule has 1 aliphatic rings. The van der Waals surface area contributed by atoms with Crippen LogP contribution in [0.15, 0.2) is 35.2 Å². The lowest BCUT2D eigenvalue weighted by atomic mass is 10.3. The van der Waals surface area contributed by atoms with Gasteiger partial charge in [-0.2, -0.15) is 0 Å². The largest absolute Gasteiger partial charge is 0.379 e. The van der Waals surface area contributed by atoms with Gasteiger partial charge in [0.25, 0.3) is 0 Å². The van der Waals surface area contributed by atoms with E-state index in [4.69, 9.17) is 0 Å². The van der Waals surface area contributed by atoms with Crippen LogP contribution < -0.4 is 5.32 Å². The van der Waals surface area contributed by atoms with Gasteiger partial charge in [-0.1, -0.05) is 0 Å². The van der Waals surface area contributed by atoms with E-state index in [1.54, 1.807) is 12.1 Å². The summed E-state index contributed by atoms with van der Waals surface area (Å²) in [7, 11) is 0. The van der Waals surface area contributed by atoms with Gasteiger partial charge < -0.3 is 9.88 Å². The summed E-state index contributed by atoms with van der Waals surface area (Å²) in [5.74, 6) is -0.247. The van der Waals surface area contributed by atoms with E-state index in [1.807, 2.05) is 12.5 Å². The van der Waals surface area contributed by atoms with E-state index in [9.17, 15) is 4.39 Å². The molecule has 1 aliphatic carbocycles. The average molecular weight is 310 g/mol. The van der Waals surface area contributed by atoms with Crippen LogP contribution in [0, 0.1) is 5.82 Å². The maximum atomic E-state index is 13.1. The van der Waals surface area contributed by atoms with Gasteiger partial charge in [-0.15, -0.1) is 0 Å². The number of anilines is 1. The van der Waals surface area contributed by atoms with Crippen LogP contribution in [0.2, 0.25) is 0 Å². The Labute approximate surface area is 113 Å². The van der Waals surface area contributed by atoms with Gasteiger partial charge in [0.2, 0.25) is 0 Å². The fourth-order valence-corrected chi connectivity index (χ4v) is 2.33. The molecule has 2 aromatic rings. The van der Waals surface area contributed by atoms with Gasteiger partial charge in [0.05, 0.1) is 23.0 Å². The second kappa shape index (κ2) is 4.72. The average Bonchev–Trinajstić information content (AvgIpc) is 3.10. The van der Waals surface area contributed by atoms with Crippen molar-refractivity contribution in [2.75, 3.05) is 5.32 Å². The minimum atomic E-state index is -0.247. The topological polar surface area (TPSA) is 29.9 Å². The summed E-state index contributed by atoms with van der Waals surface area (Å²) >= 11 is 3.18. The maximum Gasteiger partial charge on any atom is 0.137 e. The molecule has 0 atom stereocenters. The van der Waals surface area contributed by atoms with Crippen molar-refractivity contribution >= 4 is 21.6 Å². The molecule has 0 aliphatic heterocycles. The van der Waals surface area contributed by atoms with Gasteiger partial charge >= 0.3 is 0 Å². The molecule has 0 spiro atoms. The molecule has 18 heavy (non-hydrogen) atoms. The van der Waals surface area contributed by atoms with Crippen molar-refractivity contribution in [2.24, 2.45) is 0 Å². The minimum absolute atomic E-state index is 0.247. The number of hydrogen-bond acceptors (Lipinski definition) is 2. The van der Waals surface area contributed by atoms with Gasteiger partial charge in [0, 0.05) is 17.9 Å². The molecule has 0 amide bonds. The normalized spacial score (nSPS) is 14.8. The number of imidazole rings is 1. The van der Waals surface area contributed by atoms with E-state index in [0.717, 1.165) is 11.4 Å². The van der Waals surface area contributed by atoms with Gasteiger partial charge in [0.1, 0.15) is 5.82 Å². The van der Waals surface area contributed by atoms with Crippen LogP contribution in [-0.4, -0.2) is 9.55 Å². The molecule has 1 aromatic carbocycles. The summed E-state index contributed by atoms with van der Waals surface area (Å²) < 4.78 is 15.8. The molecule has 5 heteroatoms. The second-order valence-corrected chi connectivity index (χ2v) is 5.36. The fourth-order valence-electron chi connectivity index (χ4n) is 1.95. The molecule has 1 N–H and O–H groups in total. The second-order valence-electron chi connectivity index (χ2n) is 4.51. The molecule has 0 saturated heterocycles. The molecule has 3 rings (SSSR count). The highest BCUT2D eigenvalue weighted by Crippen LogP contribution is 2.35. The third kappa shape index (κ3) is 2.41. The summed E-state index contributed by atoms with van der Waals surface area (Å²) in [6.45, 7) is 0.703. The first-order valence-corrected chi connectivity index (χ1v) is 6.73. The Hall–Kier alpha value is -1.36. The molecule has 1 heterocycles. The molecule has 3 nitrogen and oxygen atoms in total. The van der Waals surface area contributed by atoms with Gasteiger partial charge in [-0.05, 0) is 47.0 Å².